The molecule has 1 aromatic heterocycles. The number of rotatable bonds is 6. The molecule has 0 spiro atoms. The maximum atomic E-state index is 9.47. The maximum Gasteiger partial charge on any atom is 0.128 e. The summed E-state index contributed by atoms with van der Waals surface area (Å²) in [7, 11) is 3.24. The highest BCUT2D eigenvalue weighted by atomic mass is 16.5. The number of nitrogens with zero attached hydrogens (tertiary/aromatic N) is 2. The van der Waals surface area contributed by atoms with E-state index >= 15 is 0 Å². The first kappa shape index (κ1) is 16.9. The third-order valence-corrected chi connectivity index (χ3v) is 4.01. The normalized spacial score (nSPS) is 10.5. The molecular formula is C20H20N2O3. The minimum atomic E-state index is -0.0623. The number of aliphatic hydroxyl groups excluding tert-OH is 1. The van der Waals surface area contributed by atoms with Gasteiger partial charge in [-0.2, -0.15) is 0 Å². The number of ether oxygens (including phenoxy) is 2. The van der Waals surface area contributed by atoms with E-state index in [2.05, 4.69) is 9.97 Å². The van der Waals surface area contributed by atoms with Crippen LogP contribution in [0.3, 0.4) is 0 Å². The Bertz CT molecular complexity index is 865. The molecule has 3 aromatic rings. The van der Waals surface area contributed by atoms with Crippen molar-refractivity contribution >= 4 is 0 Å². The quantitative estimate of drug-likeness (QED) is 0.748. The Morgan fingerprint density at radius 1 is 0.920 bits per heavy atom. The summed E-state index contributed by atoms with van der Waals surface area (Å²) in [6.07, 6.45) is 2.20. The Morgan fingerprint density at radius 2 is 1.72 bits per heavy atom. The third kappa shape index (κ3) is 3.78. The van der Waals surface area contributed by atoms with E-state index in [1.165, 1.54) is 0 Å². The zero-order valence-electron chi connectivity index (χ0n) is 14.3. The van der Waals surface area contributed by atoms with Crippen LogP contribution in [-0.2, 0) is 13.0 Å². The molecule has 0 fully saturated rings. The van der Waals surface area contributed by atoms with E-state index in [9.17, 15) is 5.11 Å². The largest absolute Gasteiger partial charge is 0.496 e. The van der Waals surface area contributed by atoms with Gasteiger partial charge in [0.1, 0.15) is 17.8 Å². The van der Waals surface area contributed by atoms with Gasteiger partial charge in [0.2, 0.25) is 0 Å². The molecule has 0 atom stereocenters. The SMILES string of the molecule is COc1ccc(Cc2cc(-c3ccccc3OC)ncn2)cc1CO. The molecule has 0 saturated heterocycles. The topological polar surface area (TPSA) is 64.5 Å². The number of para-hydroxylation sites is 1. The molecule has 0 unspecified atom stereocenters. The molecule has 5 nitrogen and oxygen atoms in total. The first-order valence-electron chi connectivity index (χ1n) is 7.96. The van der Waals surface area contributed by atoms with Gasteiger partial charge in [-0.15, -0.1) is 0 Å². The summed E-state index contributed by atoms with van der Waals surface area (Å²) in [5, 5.41) is 9.47. The van der Waals surface area contributed by atoms with Crippen molar-refractivity contribution in [3.8, 4) is 22.8 Å². The highest BCUT2D eigenvalue weighted by molar-refractivity contribution is 5.67. The van der Waals surface area contributed by atoms with Gasteiger partial charge in [-0.05, 0) is 35.9 Å². The van der Waals surface area contributed by atoms with E-state index in [0.29, 0.717) is 12.2 Å². The number of aliphatic hydroxyl groups is 1. The van der Waals surface area contributed by atoms with Crippen molar-refractivity contribution in [2.45, 2.75) is 13.0 Å². The highest BCUT2D eigenvalue weighted by Gasteiger charge is 2.09. The van der Waals surface area contributed by atoms with Gasteiger partial charge in [0.05, 0.1) is 26.5 Å². The Balaban J connectivity index is 1.90. The van der Waals surface area contributed by atoms with Gasteiger partial charge < -0.3 is 14.6 Å². The fraction of sp³-hybridized carbons (Fsp3) is 0.200. The second-order valence-electron chi connectivity index (χ2n) is 5.58. The van der Waals surface area contributed by atoms with Crippen molar-refractivity contribution in [2.75, 3.05) is 14.2 Å². The number of aromatic nitrogens is 2. The van der Waals surface area contributed by atoms with E-state index in [4.69, 9.17) is 9.47 Å². The molecule has 1 heterocycles. The molecule has 0 saturated carbocycles. The van der Waals surface area contributed by atoms with Gasteiger partial charge in [0.25, 0.3) is 0 Å². The number of methoxy groups -OCH3 is 2. The molecule has 0 amide bonds. The van der Waals surface area contributed by atoms with Crippen molar-refractivity contribution in [1.82, 2.24) is 9.97 Å². The van der Waals surface area contributed by atoms with Crippen LogP contribution in [0.4, 0.5) is 0 Å². The lowest BCUT2D eigenvalue weighted by atomic mass is 10.0. The fourth-order valence-electron chi connectivity index (χ4n) is 2.77. The predicted octanol–water partition coefficient (Wildman–Crippen LogP) is 3.24. The van der Waals surface area contributed by atoms with Gasteiger partial charge >= 0.3 is 0 Å². The highest BCUT2D eigenvalue weighted by Crippen LogP contribution is 2.28. The molecule has 2 aromatic carbocycles. The van der Waals surface area contributed by atoms with Crippen LogP contribution in [0.15, 0.2) is 54.9 Å². The molecule has 128 valence electrons. The van der Waals surface area contributed by atoms with Gasteiger partial charge in [-0.1, -0.05) is 18.2 Å². The molecule has 25 heavy (non-hydrogen) atoms. The standard InChI is InChI=1S/C20H20N2O3/c1-24-19-8-7-14(9-15(19)12-23)10-16-11-18(22-13-21-16)17-5-3-4-6-20(17)25-2/h3-9,11,13,23H,10,12H2,1-2H3. The summed E-state index contributed by atoms with van der Waals surface area (Å²) >= 11 is 0. The lowest BCUT2D eigenvalue weighted by Crippen LogP contribution is -1.98. The summed E-state index contributed by atoms with van der Waals surface area (Å²) in [6, 6.07) is 15.5. The number of hydrogen-bond acceptors (Lipinski definition) is 5. The average molecular weight is 336 g/mol. The molecule has 0 aliphatic heterocycles. The summed E-state index contributed by atoms with van der Waals surface area (Å²) in [4.78, 5) is 8.74. The molecule has 0 bridgehead atoms. The first-order chi connectivity index (χ1) is 12.2. The van der Waals surface area contributed by atoms with Crippen molar-refractivity contribution in [3.05, 3.63) is 71.7 Å². The molecule has 0 aliphatic rings. The van der Waals surface area contributed by atoms with Crippen LogP contribution in [0.1, 0.15) is 16.8 Å². The lowest BCUT2D eigenvalue weighted by Gasteiger charge is -2.10. The van der Waals surface area contributed by atoms with Crippen LogP contribution in [0.2, 0.25) is 0 Å². The van der Waals surface area contributed by atoms with Crippen molar-refractivity contribution < 1.29 is 14.6 Å². The minimum absolute atomic E-state index is 0.0623. The summed E-state index contributed by atoms with van der Waals surface area (Å²) in [5.41, 5.74) is 4.45. The van der Waals surface area contributed by atoms with E-state index in [1.807, 2.05) is 48.5 Å². The van der Waals surface area contributed by atoms with Crippen LogP contribution in [-0.4, -0.2) is 29.3 Å². The van der Waals surface area contributed by atoms with E-state index in [-0.39, 0.29) is 6.61 Å². The molecule has 1 N–H and O–H groups in total. The van der Waals surface area contributed by atoms with Crippen LogP contribution in [0.25, 0.3) is 11.3 Å². The summed E-state index contributed by atoms with van der Waals surface area (Å²) in [6.45, 7) is -0.0623. The zero-order valence-corrected chi connectivity index (χ0v) is 14.3. The predicted molar refractivity (Wildman–Crippen MR) is 95.7 cm³/mol. The van der Waals surface area contributed by atoms with Crippen LogP contribution in [0.5, 0.6) is 11.5 Å². The average Bonchev–Trinajstić information content (AvgIpc) is 2.68. The Hall–Kier alpha value is -2.92. The molecule has 0 radical (unpaired) electrons. The van der Waals surface area contributed by atoms with Gasteiger partial charge in [0, 0.05) is 23.2 Å². The minimum Gasteiger partial charge on any atom is -0.496 e. The van der Waals surface area contributed by atoms with Gasteiger partial charge in [0.15, 0.2) is 0 Å². The Labute approximate surface area is 146 Å². The van der Waals surface area contributed by atoms with Crippen molar-refractivity contribution in [3.63, 3.8) is 0 Å². The van der Waals surface area contributed by atoms with Crippen molar-refractivity contribution in [1.29, 1.82) is 0 Å². The first-order valence-corrected chi connectivity index (χ1v) is 7.96. The number of benzene rings is 2. The van der Waals surface area contributed by atoms with E-state index in [0.717, 1.165) is 33.8 Å². The van der Waals surface area contributed by atoms with Crippen molar-refractivity contribution in [2.24, 2.45) is 0 Å². The monoisotopic (exact) mass is 336 g/mol. The van der Waals surface area contributed by atoms with E-state index in [1.54, 1.807) is 20.5 Å². The molecule has 5 heteroatoms. The van der Waals surface area contributed by atoms with Gasteiger partial charge in [-0.3, -0.25) is 0 Å². The zero-order chi connectivity index (χ0) is 17.6. The van der Waals surface area contributed by atoms with Crippen LogP contribution < -0.4 is 9.47 Å². The Morgan fingerprint density at radius 3 is 2.48 bits per heavy atom. The molecule has 0 aliphatic carbocycles. The van der Waals surface area contributed by atoms with Crippen LogP contribution in [0, 0.1) is 0 Å². The lowest BCUT2D eigenvalue weighted by molar-refractivity contribution is 0.273. The third-order valence-electron chi connectivity index (χ3n) is 4.01. The second kappa shape index (κ2) is 7.77. The smallest absolute Gasteiger partial charge is 0.128 e. The fourth-order valence-corrected chi connectivity index (χ4v) is 2.77. The van der Waals surface area contributed by atoms with E-state index < -0.39 is 0 Å². The summed E-state index contributed by atoms with van der Waals surface area (Å²) < 4.78 is 10.7. The molecule has 3 rings (SSSR count). The second-order valence-corrected chi connectivity index (χ2v) is 5.58. The van der Waals surface area contributed by atoms with Gasteiger partial charge in [-0.25, -0.2) is 9.97 Å². The van der Waals surface area contributed by atoms with Crippen LogP contribution >= 0.6 is 0 Å². The number of hydrogen-bond donors (Lipinski definition) is 1. The summed E-state index contributed by atoms with van der Waals surface area (Å²) in [5.74, 6) is 1.46. The maximum absolute atomic E-state index is 9.47. The molecular weight excluding hydrogens is 316 g/mol. The Kier molecular flexibility index (Phi) is 5.26.